The monoisotopic (exact) mass is 345 g/mol. The van der Waals surface area contributed by atoms with Gasteiger partial charge in [0.05, 0.1) is 11.0 Å². The van der Waals surface area contributed by atoms with Crippen LogP contribution in [-0.2, 0) is 24.5 Å². The second kappa shape index (κ2) is 8.56. The first-order valence-corrected chi connectivity index (χ1v) is 6.93. The summed E-state index contributed by atoms with van der Waals surface area (Å²) in [6.07, 6.45) is 0.802. The van der Waals surface area contributed by atoms with Crippen molar-refractivity contribution in [3.63, 3.8) is 0 Å². The Morgan fingerprint density at radius 3 is 2.05 bits per heavy atom. The van der Waals surface area contributed by atoms with Gasteiger partial charge in [-0.15, -0.1) is 0 Å². The van der Waals surface area contributed by atoms with Crippen molar-refractivity contribution in [3.05, 3.63) is 24.3 Å². The number of carbonyl (C=O) groups is 3. The smallest absolute Gasteiger partial charge is 1.00 e. The molecule has 0 aromatic rings. The van der Waals surface area contributed by atoms with E-state index in [2.05, 4.69) is 6.58 Å². The van der Waals surface area contributed by atoms with Gasteiger partial charge in [0, 0.05) is 12.6 Å². The Hall–Kier alpha value is -1.04. The zero-order chi connectivity index (χ0) is 17.0. The van der Waals surface area contributed by atoms with Crippen LogP contribution in [0.4, 0.5) is 0 Å². The molecular weight excluding hydrogens is 329 g/mol. The summed E-state index contributed by atoms with van der Waals surface area (Å²) in [5, 5.41) is 15.3. The van der Waals surface area contributed by atoms with Crippen LogP contribution in [0.5, 0.6) is 0 Å². The summed E-state index contributed by atoms with van der Waals surface area (Å²) in [6.45, 7) is 3.47. The Balaban J connectivity index is -0.00000200. The van der Waals surface area contributed by atoms with Crippen LogP contribution in [0.15, 0.2) is 24.3 Å². The van der Waals surface area contributed by atoms with E-state index in [1.54, 1.807) is 0 Å². The van der Waals surface area contributed by atoms with Crippen molar-refractivity contribution in [1.29, 1.82) is 0 Å². The first-order valence-electron chi connectivity index (χ1n) is 5.42. The van der Waals surface area contributed by atoms with Crippen LogP contribution in [0.2, 0.25) is 0 Å². The Morgan fingerprint density at radius 2 is 1.82 bits per heavy atom. The van der Waals surface area contributed by atoms with Gasteiger partial charge in [0.2, 0.25) is 0 Å². The van der Waals surface area contributed by atoms with Crippen molar-refractivity contribution in [3.8, 4) is 0 Å². The number of aliphatic carboxylic acids is 2. The first kappa shape index (κ1) is 23.2. The summed E-state index contributed by atoms with van der Waals surface area (Å²) in [7, 11) is -5.14. The molecular formula is C11H16NNaO8S. The number of rotatable bonds is 8. The standard InChI is InChI=1S/C11H15NO8S.Na.H/c1-3-7(13)11(2,5-12)9(21(18,19)20)6(10(16)17)4-8(14)15;;/h3-4,9H,1,5,12H2,2H3,(H,14,15)(H,16,17)(H,18,19,20);;/q;+1;-1/b6-4-;;. The van der Waals surface area contributed by atoms with Gasteiger partial charge in [-0.1, -0.05) is 6.58 Å². The number of hydrogen-bond donors (Lipinski definition) is 4. The molecule has 120 valence electrons. The van der Waals surface area contributed by atoms with E-state index in [0.717, 1.165) is 6.92 Å². The molecule has 0 aliphatic heterocycles. The van der Waals surface area contributed by atoms with E-state index in [4.69, 9.17) is 15.9 Å². The molecule has 9 nitrogen and oxygen atoms in total. The summed E-state index contributed by atoms with van der Waals surface area (Å²) >= 11 is 0. The largest absolute Gasteiger partial charge is 1.00 e. The molecule has 0 saturated carbocycles. The zero-order valence-electron chi connectivity index (χ0n) is 13.0. The molecule has 0 aromatic heterocycles. The fraction of sp³-hybridized carbons (Fsp3) is 0.364. The van der Waals surface area contributed by atoms with E-state index in [1.165, 1.54) is 0 Å². The fourth-order valence-electron chi connectivity index (χ4n) is 1.78. The molecule has 0 spiro atoms. The summed E-state index contributed by atoms with van der Waals surface area (Å²) in [5.74, 6) is -4.63. The third-order valence-electron chi connectivity index (χ3n) is 2.86. The molecule has 0 amide bonds. The van der Waals surface area contributed by atoms with E-state index < -0.39 is 50.6 Å². The SMILES string of the molecule is C=CC(=O)C(C)(CN)C(/C(=C/C(=O)O)C(=O)O)S(=O)(=O)O.[H-].[Na+]. The van der Waals surface area contributed by atoms with Gasteiger partial charge in [0.1, 0.15) is 5.25 Å². The summed E-state index contributed by atoms with van der Waals surface area (Å²) < 4.78 is 32.3. The molecule has 0 aromatic carbocycles. The summed E-state index contributed by atoms with van der Waals surface area (Å²) in [6, 6.07) is 0. The molecule has 0 fully saturated rings. The summed E-state index contributed by atoms with van der Waals surface area (Å²) in [5.41, 5.74) is 2.06. The number of nitrogens with two attached hydrogens (primary N) is 1. The molecule has 5 N–H and O–H groups in total. The van der Waals surface area contributed by atoms with Crippen LogP contribution in [0.25, 0.3) is 0 Å². The molecule has 0 saturated heterocycles. The van der Waals surface area contributed by atoms with Crippen LogP contribution in [0.1, 0.15) is 8.35 Å². The first-order chi connectivity index (χ1) is 9.41. The number of allylic oxidation sites excluding steroid dienone is 1. The number of carbonyl (C=O) groups excluding carboxylic acids is 1. The Labute approximate surface area is 150 Å². The van der Waals surface area contributed by atoms with Crippen LogP contribution in [-0.4, -0.2) is 52.7 Å². The molecule has 2 atom stereocenters. The second-order valence-corrected chi connectivity index (χ2v) is 5.83. The molecule has 0 radical (unpaired) electrons. The van der Waals surface area contributed by atoms with Crippen molar-refractivity contribution >= 4 is 27.8 Å². The third-order valence-corrected chi connectivity index (χ3v) is 4.23. The maximum Gasteiger partial charge on any atom is 1.00 e. The average Bonchev–Trinajstić information content (AvgIpc) is 2.34. The van der Waals surface area contributed by atoms with E-state index in [1.807, 2.05) is 0 Å². The van der Waals surface area contributed by atoms with Gasteiger partial charge >= 0.3 is 41.5 Å². The molecule has 0 heterocycles. The minimum atomic E-state index is -5.14. The predicted molar refractivity (Wildman–Crippen MR) is 72.2 cm³/mol. The van der Waals surface area contributed by atoms with Gasteiger partial charge in [0.15, 0.2) is 5.78 Å². The normalized spacial score (nSPS) is 15.9. The fourth-order valence-corrected chi connectivity index (χ4v) is 3.14. The van der Waals surface area contributed by atoms with Gasteiger partial charge in [-0.3, -0.25) is 9.35 Å². The molecule has 2 unspecified atom stereocenters. The molecule has 0 aliphatic rings. The summed E-state index contributed by atoms with van der Waals surface area (Å²) in [4.78, 5) is 33.6. The van der Waals surface area contributed by atoms with Gasteiger partial charge in [-0.05, 0) is 13.0 Å². The van der Waals surface area contributed by atoms with Crippen LogP contribution >= 0.6 is 0 Å². The van der Waals surface area contributed by atoms with Crippen molar-refractivity contribution in [2.75, 3.05) is 6.54 Å². The van der Waals surface area contributed by atoms with Crippen molar-refractivity contribution in [2.45, 2.75) is 12.2 Å². The maximum absolute atomic E-state index is 11.8. The Kier molecular flexibility index (Phi) is 9.03. The molecule has 0 aliphatic carbocycles. The van der Waals surface area contributed by atoms with Crippen molar-refractivity contribution in [1.82, 2.24) is 0 Å². The van der Waals surface area contributed by atoms with Crippen LogP contribution in [0, 0.1) is 5.41 Å². The third kappa shape index (κ3) is 5.30. The molecule has 0 bridgehead atoms. The van der Waals surface area contributed by atoms with Crippen molar-refractivity contribution in [2.24, 2.45) is 11.1 Å². The van der Waals surface area contributed by atoms with Crippen LogP contribution in [0.3, 0.4) is 0 Å². The van der Waals surface area contributed by atoms with Gasteiger partial charge < -0.3 is 17.4 Å². The average molecular weight is 345 g/mol. The molecule has 11 heteroatoms. The minimum absolute atomic E-state index is 0. The number of ketones is 1. The van der Waals surface area contributed by atoms with E-state index in [9.17, 15) is 27.4 Å². The van der Waals surface area contributed by atoms with Gasteiger partial charge in [0.25, 0.3) is 10.1 Å². The second-order valence-electron chi connectivity index (χ2n) is 4.33. The van der Waals surface area contributed by atoms with Gasteiger partial charge in [-0.2, -0.15) is 8.42 Å². The Bertz CT molecular complexity index is 618. The van der Waals surface area contributed by atoms with Crippen LogP contribution < -0.4 is 35.3 Å². The van der Waals surface area contributed by atoms with E-state index in [-0.39, 0.29) is 37.1 Å². The predicted octanol–water partition coefficient (Wildman–Crippen LogP) is -3.82. The number of carboxylic acid groups (broad SMARTS) is 2. The number of hydrogen-bond acceptors (Lipinski definition) is 6. The van der Waals surface area contributed by atoms with E-state index >= 15 is 0 Å². The Morgan fingerprint density at radius 1 is 1.36 bits per heavy atom. The quantitative estimate of drug-likeness (QED) is 0.195. The topological polar surface area (TPSA) is 172 Å². The number of carboxylic acids is 2. The maximum atomic E-state index is 11.8. The minimum Gasteiger partial charge on any atom is -1.00 e. The molecule has 0 rings (SSSR count). The van der Waals surface area contributed by atoms with Crippen molar-refractivity contribution < 1.29 is 68.6 Å². The molecule has 22 heavy (non-hydrogen) atoms. The zero-order valence-corrected chi connectivity index (χ0v) is 14.8. The van der Waals surface area contributed by atoms with E-state index in [0.29, 0.717) is 6.08 Å². The van der Waals surface area contributed by atoms with Gasteiger partial charge in [-0.25, -0.2) is 9.59 Å².